The Hall–Kier alpha value is -0.590. The molecular formula is C13H18BrNO3S. The van der Waals surface area contributed by atoms with Gasteiger partial charge in [0.25, 0.3) is 0 Å². The van der Waals surface area contributed by atoms with Gasteiger partial charge >= 0.3 is 0 Å². The van der Waals surface area contributed by atoms with Gasteiger partial charge in [-0.15, -0.1) is 0 Å². The van der Waals surface area contributed by atoms with Crippen molar-refractivity contribution in [2.45, 2.75) is 17.7 Å². The lowest BCUT2D eigenvalue weighted by Gasteiger charge is -2.16. The molecule has 0 aromatic heterocycles. The van der Waals surface area contributed by atoms with Crippen LogP contribution in [-0.4, -0.2) is 38.3 Å². The first kappa shape index (κ1) is 14.8. The summed E-state index contributed by atoms with van der Waals surface area (Å²) in [5.41, 5.74) is 0. The van der Waals surface area contributed by atoms with Crippen LogP contribution < -0.4 is 4.74 Å². The predicted molar refractivity (Wildman–Crippen MR) is 78.3 cm³/mol. The van der Waals surface area contributed by atoms with E-state index >= 15 is 0 Å². The zero-order valence-corrected chi connectivity index (χ0v) is 13.3. The number of methoxy groups -OCH3 is 1. The van der Waals surface area contributed by atoms with Gasteiger partial charge in [-0.05, 0) is 43.0 Å². The number of rotatable bonds is 5. The van der Waals surface area contributed by atoms with Gasteiger partial charge in [-0.25, -0.2) is 8.42 Å². The molecule has 19 heavy (non-hydrogen) atoms. The first-order chi connectivity index (χ1) is 9.07. The lowest BCUT2D eigenvalue weighted by molar-refractivity contribution is 0.414. The average Bonchev–Trinajstić information content (AvgIpc) is 2.89. The summed E-state index contributed by atoms with van der Waals surface area (Å²) in [5, 5.41) is 0.925. The third-order valence-corrected chi connectivity index (χ3v) is 5.80. The molecule has 1 aromatic carbocycles. The molecule has 1 heterocycles. The van der Waals surface area contributed by atoms with Gasteiger partial charge < -0.3 is 4.74 Å². The number of sulfonamides is 1. The summed E-state index contributed by atoms with van der Waals surface area (Å²) in [6.45, 7) is 1.24. The molecule has 1 fully saturated rings. The summed E-state index contributed by atoms with van der Waals surface area (Å²) in [6.07, 6.45) is 1.97. The van der Waals surface area contributed by atoms with Crippen LogP contribution in [0.1, 0.15) is 12.8 Å². The minimum Gasteiger partial charge on any atom is -0.497 e. The van der Waals surface area contributed by atoms with Crippen molar-refractivity contribution in [3.63, 3.8) is 0 Å². The number of halogens is 1. The summed E-state index contributed by atoms with van der Waals surface area (Å²) in [4.78, 5) is 0.341. The Morgan fingerprint density at radius 1 is 1.37 bits per heavy atom. The summed E-state index contributed by atoms with van der Waals surface area (Å²) >= 11 is 3.41. The van der Waals surface area contributed by atoms with Crippen molar-refractivity contribution in [1.29, 1.82) is 0 Å². The Morgan fingerprint density at radius 3 is 2.63 bits per heavy atom. The number of alkyl halides is 1. The van der Waals surface area contributed by atoms with Crippen molar-refractivity contribution in [2.75, 3.05) is 25.5 Å². The first-order valence-corrected chi connectivity index (χ1v) is 8.84. The molecule has 1 unspecified atom stereocenters. The molecule has 0 amide bonds. The van der Waals surface area contributed by atoms with E-state index in [0.29, 0.717) is 29.7 Å². The Balaban J connectivity index is 2.13. The van der Waals surface area contributed by atoms with Crippen LogP contribution in [0.2, 0.25) is 0 Å². The fourth-order valence-corrected chi connectivity index (χ4v) is 4.48. The second-order valence-electron chi connectivity index (χ2n) is 4.67. The van der Waals surface area contributed by atoms with Crippen LogP contribution >= 0.6 is 15.9 Å². The molecule has 0 spiro atoms. The Bertz CT molecular complexity index is 515. The predicted octanol–water partition coefficient (Wildman–Crippen LogP) is 2.49. The normalized spacial score (nSPS) is 20.6. The highest BCUT2D eigenvalue weighted by atomic mass is 79.9. The summed E-state index contributed by atoms with van der Waals surface area (Å²) in [6, 6.07) is 6.57. The van der Waals surface area contributed by atoms with Gasteiger partial charge in [0.15, 0.2) is 0 Å². The molecule has 1 aromatic rings. The topological polar surface area (TPSA) is 46.6 Å². The maximum absolute atomic E-state index is 12.5. The fourth-order valence-electron chi connectivity index (χ4n) is 2.30. The van der Waals surface area contributed by atoms with E-state index < -0.39 is 10.0 Å². The zero-order chi connectivity index (χ0) is 13.9. The third-order valence-electron chi connectivity index (χ3n) is 3.46. The molecule has 4 nitrogen and oxygen atoms in total. The van der Waals surface area contributed by atoms with Crippen molar-refractivity contribution in [1.82, 2.24) is 4.31 Å². The maximum atomic E-state index is 12.5. The van der Waals surface area contributed by atoms with Gasteiger partial charge in [0.05, 0.1) is 12.0 Å². The number of hydrogen-bond acceptors (Lipinski definition) is 3. The van der Waals surface area contributed by atoms with E-state index in [-0.39, 0.29) is 0 Å². The largest absolute Gasteiger partial charge is 0.497 e. The van der Waals surface area contributed by atoms with Crippen molar-refractivity contribution >= 4 is 26.0 Å². The third kappa shape index (κ3) is 3.30. The fraction of sp³-hybridized carbons (Fsp3) is 0.538. The Labute approximate surface area is 122 Å². The molecule has 0 radical (unpaired) electrons. The van der Waals surface area contributed by atoms with Crippen molar-refractivity contribution in [3.05, 3.63) is 24.3 Å². The van der Waals surface area contributed by atoms with Gasteiger partial charge in [0.1, 0.15) is 5.75 Å². The lowest BCUT2D eigenvalue weighted by Crippen LogP contribution is -2.28. The summed E-state index contributed by atoms with van der Waals surface area (Å²) in [7, 11) is -1.79. The van der Waals surface area contributed by atoms with Crippen molar-refractivity contribution < 1.29 is 13.2 Å². The molecule has 1 aliphatic heterocycles. The van der Waals surface area contributed by atoms with Gasteiger partial charge in [0.2, 0.25) is 10.0 Å². The van der Waals surface area contributed by atoms with Crippen LogP contribution in [-0.2, 0) is 10.0 Å². The van der Waals surface area contributed by atoms with Crippen LogP contribution in [0, 0.1) is 5.92 Å². The molecule has 0 saturated carbocycles. The highest BCUT2D eigenvalue weighted by Crippen LogP contribution is 2.27. The van der Waals surface area contributed by atoms with E-state index in [1.54, 1.807) is 35.7 Å². The minimum absolute atomic E-state index is 0.341. The van der Waals surface area contributed by atoms with Crippen LogP contribution in [0.15, 0.2) is 29.2 Å². The van der Waals surface area contributed by atoms with Gasteiger partial charge in [-0.3, -0.25) is 0 Å². The molecule has 1 saturated heterocycles. The SMILES string of the molecule is COc1ccc(S(=O)(=O)N2CCC(CCBr)C2)cc1. The second kappa shape index (κ2) is 6.24. The number of nitrogens with zero attached hydrogens (tertiary/aromatic N) is 1. The number of benzene rings is 1. The molecule has 0 aliphatic carbocycles. The molecule has 0 bridgehead atoms. The van der Waals surface area contributed by atoms with Gasteiger partial charge in [-0.2, -0.15) is 4.31 Å². The van der Waals surface area contributed by atoms with E-state index in [9.17, 15) is 8.42 Å². The number of hydrogen-bond donors (Lipinski definition) is 0. The summed E-state index contributed by atoms with van der Waals surface area (Å²) in [5.74, 6) is 1.13. The van der Waals surface area contributed by atoms with Crippen LogP contribution in [0.3, 0.4) is 0 Å². The monoisotopic (exact) mass is 347 g/mol. The smallest absolute Gasteiger partial charge is 0.243 e. The molecule has 0 N–H and O–H groups in total. The van der Waals surface area contributed by atoms with E-state index in [1.165, 1.54) is 0 Å². The average molecular weight is 348 g/mol. The van der Waals surface area contributed by atoms with E-state index in [4.69, 9.17) is 4.74 Å². The molecule has 2 rings (SSSR count). The molecule has 106 valence electrons. The van der Waals surface area contributed by atoms with Crippen LogP contribution in [0.5, 0.6) is 5.75 Å². The Morgan fingerprint density at radius 2 is 2.05 bits per heavy atom. The molecule has 1 atom stereocenters. The quantitative estimate of drug-likeness (QED) is 0.768. The Kier molecular flexibility index (Phi) is 4.86. The van der Waals surface area contributed by atoms with Crippen molar-refractivity contribution in [2.24, 2.45) is 5.92 Å². The highest BCUT2D eigenvalue weighted by Gasteiger charge is 2.31. The van der Waals surface area contributed by atoms with Gasteiger partial charge in [-0.1, -0.05) is 15.9 Å². The minimum atomic E-state index is -3.35. The van der Waals surface area contributed by atoms with Crippen molar-refractivity contribution in [3.8, 4) is 5.75 Å². The van der Waals surface area contributed by atoms with E-state index in [1.807, 2.05) is 0 Å². The van der Waals surface area contributed by atoms with Crippen LogP contribution in [0.25, 0.3) is 0 Å². The first-order valence-electron chi connectivity index (χ1n) is 6.28. The van der Waals surface area contributed by atoms with Gasteiger partial charge in [0, 0.05) is 18.4 Å². The molecule has 6 heteroatoms. The van der Waals surface area contributed by atoms with E-state index in [0.717, 1.165) is 18.2 Å². The maximum Gasteiger partial charge on any atom is 0.243 e. The lowest BCUT2D eigenvalue weighted by atomic mass is 10.1. The number of ether oxygens (including phenoxy) is 1. The standard InChI is InChI=1S/C13H18BrNO3S/c1-18-12-2-4-13(5-3-12)19(16,17)15-9-7-11(10-15)6-8-14/h2-5,11H,6-10H2,1H3. The van der Waals surface area contributed by atoms with E-state index in [2.05, 4.69) is 15.9 Å². The second-order valence-corrected chi connectivity index (χ2v) is 7.40. The molecule has 1 aliphatic rings. The molecular weight excluding hydrogens is 330 g/mol. The highest BCUT2D eigenvalue weighted by molar-refractivity contribution is 9.09. The van der Waals surface area contributed by atoms with Crippen LogP contribution in [0.4, 0.5) is 0 Å². The zero-order valence-electron chi connectivity index (χ0n) is 10.9. The summed E-state index contributed by atoms with van der Waals surface area (Å²) < 4.78 is 31.5.